The first-order valence-corrected chi connectivity index (χ1v) is 13.3. The highest BCUT2D eigenvalue weighted by Gasteiger charge is 2.59. The molecule has 2 aromatic heterocycles. The molecule has 2 aliphatic heterocycles. The van der Waals surface area contributed by atoms with E-state index in [-0.39, 0.29) is 41.5 Å². The van der Waals surface area contributed by atoms with Crippen molar-refractivity contribution in [3.8, 4) is 0 Å². The second-order valence-electron chi connectivity index (χ2n) is 12.7. The zero-order valence-corrected chi connectivity index (χ0v) is 20.8. The second kappa shape index (κ2) is 7.88. The summed E-state index contributed by atoms with van der Waals surface area (Å²) in [5.74, 6) is -0.920. The van der Waals surface area contributed by atoms with Crippen LogP contribution in [0.25, 0.3) is 0 Å². The van der Waals surface area contributed by atoms with E-state index in [1.807, 2.05) is 9.80 Å². The van der Waals surface area contributed by atoms with Gasteiger partial charge in [0.15, 0.2) is 5.82 Å². The molecule has 3 aliphatic carbocycles. The van der Waals surface area contributed by atoms with Crippen molar-refractivity contribution in [2.75, 3.05) is 26.2 Å². The van der Waals surface area contributed by atoms with Crippen LogP contribution in [0.15, 0.2) is 18.3 Å². The number of aromatic nitrogens is 4. The molecule has 3 saturated carbocycles. The lowest BCUT2D eigenvalue weighted by molar-refractivity contribution is -0.137. The molecule has 7 rings (SSSR count). The summed E-state index contributed by atoms with van der Waals surface area (Å²) in [6, 6.07) is 2.64. The number of pyridine rings is 1. The summed E-state index contributed by atoms with van der Waals surface area (Å²) >= 11 is 0. The summed E-state index contributed by atoms with van der Waals surface area (Å²) < 4.78 is 64.4. The summed E-state index contributed by atoms with van der Waals surface area (Å²) in [5.41, 5.74) is 0.240. The van der Waals surface area contributed by atoms with Crippen LogP contribution in [0.5, 0.6) is 0 Å². The average molecular weight is 537 g/mol. The number of likely N-dealkylation sites (tertiary alicyclic amines) is 2. The van der Waals surface area contributed by atoms with Gasteiger partial charge in [-0.1, -0.05) is 0 Å². The van der Waals surface area contributed by atoms with Crippen LogP contribution in [0.1, 0.15) is 73.3 Å². The van der Waals surface area contributed by atoms with E-state index in [0.29, 0.717) is 29.7 Å². The molecule has 12 heteroatoms. The van der Waals surface area contributed by atoms with E-state index >= 15 is 0 Å². The van der Waals surface area contributed by atoms with Crippen molar-refractivity contribution in [3.63, 3.8) is 0 Å². The lowest BCUT2D eigenvalue weighted by Crippen LogP contribution is -2.71. The standard InChI is InChI=1S/C26H29F5N6O/c27-25(28)8-17(9-25)21-33-20(34-35-21)16-6-24(7-16)13-37(14-24)22(38)36-11-23(12-36)4-15(5-23)3-19-2-1-18(10-32-19)26(29,30)31/h1-2,10,15-17H,3-9,11-14H2,(H,33,34,35). The fraction of sp³-hybridized carbons (Fsp3) is 0.692. The van der Waals surface area contributed by atoms with Gasteiger partial charge in [0.2, 0.25) is 5.92 Å². The molecule has 0 aromatic carbocycles. The minimum absolute atomic E-state index is 0.0867. The third kappa shape index (κ3) is 4.05. The van der Waals surface area contributed by atoms with Crippen LogP contribution in [0.2, 0.25) is 0 Å². The van der Waals surface area contributed by atoms with Gasteiger partial charge in [-0.3, -0.25) is 10.1 Å². The maximum atomic E-state index is 13.1. The highest BCUT2D eigenvalue weighted by Crippen LogP contribution is 2.57. The van der Waals surface area contributed by atoms with Crippen molar-refractivity contribution in [1.82, 2.24) is 30.0 Å². The van der Waals surface area contributed by atoms with Gasteiger partial charge in [-0.25, -0.2) is 18.6 Å². The first-order chi connectivity index (χ1) is 17.9. The molecule has 5 fully saturated rings. The van der Waals surface area contributed by atoms with Gasteiger partial charge in [0.05, 0.1) is 5.56 Å². The zero-order valence-electron chi connectivity index (χ0n) is 20.8. The molecule has 4 heterocycles. The van der Waals surface area contributed by atoms with Gasteiger partial charge < -0.3 is 9.80 Å². The first kappa shape index (κ1) is 24.3. The molecular formula is C26H29F5N6O. The molecule has 0 bridgehead atoms. The number of hydrogen-bond donors (Lipinski definition) is 1. The Morgan fingerprint density at radius 3 is 2.13 bits per heavy atom. The number of hydrogen-bond acceptors (Lipinski definition) is 4. The number of amides is 2. The lowest BCUT2D eigenvalue weighted by atomic mass is 9.56. The van der Waals surface area contributed by atoms with E-state index in [1.165, 1.54) is 6.07 Å². The number of nitrogens with one attached hydrogen (secondary N) is 1. The van der Waals surface area contributed by atoms with Gasteiger partial charge in [0.1, 0.15) is 5.82 Å². The van der Waals surface area contributed by atoms with Crippen molar-refractivity contribution in [2.45, 2.75) is 68.9 Å². The molecular weight excluding hydrogens is 507 g/mol. The lowest BCUT2D eigenvalue weighted by Gasteiger charge is -2.63. The molecule has 2 spiro atoms. The fourth-order valence-corrected chi connectivity index (χ4v) is 7.51. The minimum atomic E-state index is -4.37. The van der Waals surface area contributed by atoms with Crippen LogP contribution >= 0.6 is 0 Å². The molecule has 204 valence electrons. The van der Waals surface area contributed by atoms with Gasteiger partial charge >= 0.3 is 12.2 Å². The van der Waals surface area contributed by atoms with Crippen molar-refractivity contribution in [1.29, 1.82) is 0 Å². The Hall–Kier alpha value is -2.79. The van der Waals surface area contributed by atoms with Crippen molar-refractivity contribution in [3.05, 3.63) is 41.2 Å². The van der Waals surface area contributed by atoms with Gasteiger partial charge in [0, 0.05) is 73.6 Å². The topological polar surface area (TPSA) is 78.0 Å². The van der Waals surface area contributed by atoms with E-state index in [4.69, 9.17) is 0 Å². The Balaban J connectivity index is 0.828. The number of carbonyl (C=O) groups is 1. The number of urea groups is 1. The second-order valence-corrected chi connectivity index (χ2v) is 12.7. The van der Waals surface area contributed by atoms with Gasteiger partial charge in [0.25, 0.3) is 0 Å². The normalized spacial score (nSPS) is 25.9. The third-order valence-corrected chi connectivity index (χ3v) is 9.46. The number of nitrogens with zero attached hydrogens (tertiary/aromatic N) is 5. The quantitative estimate of drug-likeness (QED) is 0.559. The van der Waals surface area contributed by atoms with Crippen LogP contribution < -0.4 is 0 Å². The van der Waals surface area contributed by atoms with Crippen LogP contribution in [-0.2, 0) is 12.6 Å². The molecule has 0 atom stereocenters. The van der Waals surface area contributed by atoms with Gasteiger partial charge in [-0.05, 0) is 50.2 Å². The molecule has 1 N–H and O–H groups in total. The SMILES string of the molecule is O=C(N1CC2(CC(Cc3ccc(C(F)(F)F)cn3)C2)C1)N1CC2(CC(c3n[nH]c(C4CC(F)(F)C4)n3)C2)C1. The minimum Gasteiger partial charge on any atom is -0.323 e. The Bertz CT molecular complexity index is 1220. The van der Waals surface area contributed by atoms with Gasteiger partial charge in [-0.2, -0.15) is 18.3 Å². The summed E-state index contributed by atoms with van der Waals surface area (Å²) in [7, 11) is 0. The average Bonchev–Trinajstić information content (AvgIpc) is 3.19. The molecule has 0 unspecified atom stereocenters. The van der Waals surface area contributed by atoms with Crippen LogP contribution in [0.4, 0.5) is 26.7 Å². The fourth-order valence-electron chi connectivity index (χ4n) is 7.51. The van der Waals surface area contributed by atoms with Crippen molar-refractivity contribution in [2.24, 2.45) is 16.7 Å². The first-order valence-electron chi connectivity index (χ1n) is 13.3. The Morgan fingerprint density at radius 2 is 1.58 bits per heavy atom. The number of aromatic amines is 1. The number of H-pyrrole nitrogens is 1. The predicted molar refractivity (Wildman–Crippen MR) is 124 cm³/mol. The van der Waals surface area contributed by atoms with E-state index in [2.05, 4.69) is 20.2 Å². The number of alkyl halides is 5. The van der Waals surface area contributed by atoms with Crippen molar-refractivity contribution < 1.29 is 26.7 Å². The maximum absolute atomic E-state index is 13.1. The predicted octanol–water partition coefficient (Wildman–Crippen LogP) is 4.99. The summed E-state index contributed by atoms with van der Waals surface area (Å²) in [5, 5.41) is 7.12. The van der Waals surface area contributed by atoms with E-state index in [9.17, 15) is 26.7 Å². The maximum Gasteiger partial charge on any atom is 0.417 e. The monoisotopic (exact) mass is 536 g/mol. The molecule has 2 amide bonds. The summed E-state index contributed by atoms with van der Waals surface area (Å²) in [6.45, 7) is 2.96. The third-order valence-electron chi connectivity index (χ3n) is 9.46. The molecule has 38 heavy (non-hydrogen) atoms. The Morgan fingerprint density at radius 1 is 0.947 bits per heavy atom. The molecule has 2 saturated heterocycles. The van der Waals surface area contributed by atoms with E-state index in [1.54, 1.807) is 0 Å². The Kier molecular flexibility index (Phi) is 5.03. The van der Waals surface area contributed by atoms with E-state index < -0.39 is 17.7 Å². The molecule has 0 radical (unpaired) electrons. The zero-order chi connectivity index (χ0) is 26.5. The highest BCUT2D eigenvalue weighted by molar-refractivity contribution is 5.77. The molecule has 5 aliphatic rings. The molecule has 2 aromatic rings. The summed E-state index contributed by atoms with van der Waals surface area (Å²) in [4.78, 5) is 25.2. The van der Waals surface area contributed by atoms with Crippen molar-refractivity contribution >= 4 is 6.03 Å². The smallest absolute Gasteiger partial charge is 0.323 e. The molecule has 7 nitrogen and oxygen atoms in total. The van der Waals surface area contributed by atoms with Gasteiger partial charge in [-0.15, -0.1) is 0 Å². The highest BCUT2D eigenvalue weighted by atomic mass is 19.4. The van der Waals surface area contributed by atoms with Crippen LogP contribution in [0.3, 0.4) is 0 Å². The summed E-state index contributed by atoms with van der Waals surface area (Å²) in [6.07, 6.45) is 0.652. The largest absolute Gasteiger partial charge is 0.417 e. The Labute approximate surface area is 216 Å². The van der Waals surface area contributed by atoms with E-state index in [0.717, 1.165) is 64.1 Å². The van der Waals surface area contributed by atoms with Crippen LogP contribution in [0, 0.1) is 16.7 Å². The number of halogens is 5. The number of rotatable bonds is 4. The van der Waals surface area contributed by atoms with Crippen LogP contribution in [-0.4, -0.2) is 68.1 Å². The number of carbonyl (C=O) groups excluding carboxylic acids is 1.